The first kappa shape index (κ1) is 28.1. The van der Waals surface area contributed by atoms with E-state index in [1.54, 1.807) is 4.98 Å². The number of hydrogen-bond donors (Lipinski definition) is 6. The van der Waals surface area contributed by atoms with Crippen molar-refractivity contribution in [3.8, 4) is 0 Å². The number of aromatic nitrogens is 2. The molecule has 1 aromatic heterocycles. The Morgan fingerprint density at radius 3 is 2.24 bits per heavy atom. The van der Waals surface area contributed by atoms with Crippen LogP contribution in [0.5, 0.6) is 0 Å². The van der Waals surface area contributed by atoms with E-state index in [4.69, 9.17) is 14.5 Å². The van der Waals surface area contributed by atoms with Crippen LogP contribution < -0.4 is 11.2 Å². The molecule has 4 unspecified atom stereocenters. The van der Waals surface area contributed by atoms with Gasteiger partial charge in [-0.15, -0.1) is 0 Å². The minimum Gasteiger partial charge on any atom is -0.387 e. The smallest absolute Gasteiger partial charge is 0.387 e. The van der Waals surface area contributed by atoms with Crippen molar-refractivity contribution in [1.29, 1.82) is 0 Å². The summed E-state index contributed by atoms with van der Waals surface area (Å²) < 4.78 is 80.5. The summed E-state index contributed by atoms with van der Waals surface area (Å²) in [5, 5.41) is 10.4. The number of halogens is 2. The van der Waals surface area contributed by atoms with Gasteiger partial charge in [-0.05, 0) is 13.8 Å². The summed E-state index contributed by atoms with van der Waals surface area (Å²) in [6.07, 6.45) is -6.00. The summed E-state index contributed by atoms with van der Waals surface area (Å²) in [4.78, 5) is 61.0. The molecule has 1 aliphatic heterocycles. The molecule has 1 fully saturated rings. The van der Waals surface area contributed by atoms with Crippen LogP contribution in [0.15, 0.2) is 21.9 Å². The van der Waals surface area contributed by atoms with Gasteiger partial charge in [0.15, 0.2) is 6.23 Å². The molecular formula is C12H19F2N2O14P3. The fourth-order valence-corrected chi connectivity index (χ4v) is 6.31. The van der Waals surface area contributed by atoms with Crippen molar-refractivity contribution in [2.75, 3.05) is 6.67 Å². The van der Waals surface area contributed by atoms with Crippen molar-refractivity contribution in [1.82, 2.24) is 9.55 Å². The molecule has 0 aliphatic carbocycles. The molecule has 190 valence electrons. The molecule has 0 bridgehead atoms. The Labute approximate surface area is 182 Å². The zero-order chi connectivity index (χ0) is 25.6. The molecule has 0 saturated carbocycles. The number of nitrogens with zero attached hydrogens (tertiary/aromatic N) is 1. The zero-order valence-corrected chi connectivity index (χ0v) is 19.2. The third-order valence-electron chi connectivity index (χ3n) is 4.22. The van der Waals surface area contributed by atoms with Gasteiger partial charge in [-0.2, -0.15) is 8.62 Å². The summed E-state index contributed by atoms with van der Waals surface area (Å²) in [6.45, 7) is -0.196. The number of rotatable bonds is 9. The topological polar surface area (TPSA) is 244 Å². The van der Waals surface area contributed by atoms with E-state index in [-0.39, 0.29) is 0 Å². The number of H-pyrrole nitrogens is 1. The molecule has 0 spiro atoms. The SMILES string of the molecule is CC(C)(OP(=O)(O)OP(=O)(O)OP(=O)(O)O)C1O[C@@H](n2ccc(=O)[nH]c2=O)C(F)(CF)[C@H]1O. The van der Waals surface area contributed by atoms with Gasteiger partial charge in [0.25, 0.3) is 5.56 Å². The van der Waals surface area contributed by atoms with Crippen LogP contribution in [0.4, 0.5) is 8.78 Å². The van der Waals surface area contributed by atoms with Crippen LogP contribution in [0.25, 0.3) is 0 Å². The molecule has 6 atom stereocenters. The quantitative estimate of drug-likeness (QED) is 0.216. The van der Waals surface area contributed by atoms with Crippen molar-refractivity contribution < 1.29 is 65.0 Å². The lowest BCUT2D eigenvalue weighted by Gasteiger charge is -2.34. The van der Waals surface area contributed by atoms with E-state index >= 15 is 4.39 Å². The van der Waals surface area contributed by atoms with Crippen LogP contribution in [0.1, 0.15) is 20.1 Å². The van der Waals surface area contributed by atoms with E-state index < -0.39 is 71.1 Å². The Balaban J connectivity index is 2.35. The van der Waals surface area contributed by atoms with E-state index in [1.807, 2.05) is 0 Å². The Hall–Kier alpha value is -1.13. The first-order valence-electron chi connectivity index (χ1n) is 8.47. The van der Waals surface area contributed by atoms with Crippen LogP contribution in [0.3, 0.4) is 0 Å². The third kappa shape index (κ3) is 6.51. The summed E-state index contributed by atoms with van der Waals surface area (Å²) in [5.74, 6) is 0. The molecule has 6 N–H and O–H groups in total. The number of phosphoric acid groups is 3. The van der Waals surface area contributed by atoms with Crippen molar-refractivity contribution in [3.63, 3.8) is 0 Å². The van der Waals surface area contributed by atoms with Crippen molar-refractivity contribution in [2.24, 2.45) is 0 Å². The molecule has 21 heteroatoms. The summed E-state index contributed by atoms with van der Waals surface area (Å²) in [6, 6.07) is 0.764. The summed E-state index contributed by atoms with van der Waals surface area (Å²) >= 11 is 0. The van der Waals surface area contributed by atoms with E-state index in [2.05, 4.69) is 13.1 Å². The van der Waals surface area contributed by atoms with E-state index in [0.29, 0.717) is 4.57 Å². The summed E-state index contributed by atoms with van der Waals surface area (Å²) in [7, 11) is -17.3. The normalized spacial score (nSPS) is 30.0. The number of hydrogen-bond acceptors (Lipinski definition) is 10. The van der Waals surface area contributed by atoms with E-state index in [0.717, 1.165) is 26.1 Å². The molecule has 1 aliphatic rings. The van der Waals surface area contributed by atoms with Gasteiger partial charge in [-0.3, -0.25) is 18.9 Å². The molecule has 1 aromatic rings. The lowest BCUT2D eigenvalue weighted by molar-refractivity contribution is -0.120. The number of aromatic amines is 1. The highest BCUT2D eigenvalue weighted by Gasteiger charge is 2.63. The van der Waals surface area contributed by atoms with Gasteiger partial charge in [0.05, 0.1) is 0 Å². The van der Waals surface area contributed by atoms with Crippen molar-refractivity contribution in [3.05, 3.63) is 33.1 Å². The van der Waals surface area contributed by atoms with Crippen molar-refractivity contribution in [2.45, 2.75) is 43.6 Å². The minimum absolute atomic E-state index is 0.394. The standard InChI is InChI=1S/C12H19F2N2O14P3/c1-11(2,28-32(23,24)30-33(25,26)29-31(20,21)22)8-7(18)12(14,5-13)9(27-8)16-4-3-6(17)15-10(16)19/h3-4,7-9,18H,5H2,1-2H3,(H,23,24)(H,25,26)(H,15,17,19)(H2,20,21,22)/t7-,8?,9+,12?/m0/s1. The highest BCUT2D eigenvalue weighted by Crippen LogP contribution is 2.67. The second-order valence-corrected chi connectivity index (χ2v) is 11.6. The molecule has 33 heavy (non-hydrogen) atoms. The van der Waals surface area contributed by atoms with Gasteiger partial charge < -0.3 is 29.4 Å². The van der Waals surface area contributed by atoms with Gasteiger partial charge in [-0.25, -0.2) is 27.3 Å². The number of aliphatic hydroxyl groups excluding tert-OH is 1. The van der Waals surface area contributed by atoms with Gasteiger partial charge >= 0.3 is 29.2 Å². The Morgan fingerprint density at radius 1 is 1.18 bits per heavy atom. The Morgan fingerprint density at radius 2 is 1.76 bits per heavy atom. The molecule has 0 amide bonds. The lowest BCUT2D eigenvalue weighted by Crippen LogP contribution is -2.51. The van der Waals surface area contributed by atoms with Gasteiger partial charge in [-0.1, -0.05) is 0 Å². The number of alkyl halides is 2. The maximum Gasteiger partial charge on any atom is 0.490 e. The largest absolute Gasteiger partial charge is 0.490 e. The van der Waals surface area contributed by atoms with Gasteiger partial charge in [0.1, 0.15) is 24.5 Å². The van der Waals surface area contributed by atoms with Crippen LogP contribution >= 0.6 is 23.5 Å². The van der Waals surface area contributed by atoms with E-state index in [9.17, 15) is 42.6 Å². The first-order chi connectivity index (χ1) is 14.7. The Kier molecular flexibility index (Phi) is 7.79. The fourth-order valence-electron chi connectivity index (χ4n) is 2.97. The predicted octanol–water partition coefficient (Wildman–Crippen LogP) is -0.405. The predicted molar refractivity (Wildman–Crippen MR) is 100 cm³/mol. The monoisotopic (exact) mass is 546 g/mol. The number of ether oxygens (including phenoxy) is 1. The summed E-state index contributed by atoms with van der Waals surface area (Å²) in [5.41, 5.74) is -7.83. The zero-order valence-electron chi connectivity index (χ0n) is 16.5. The number of aliphatic hydroxyl groups is 1. The maximum atomic E-state index is 15.3. The average molecular weight is 546 g/mol. The Bertz CT molecular complexity index is 1150. The molecule has 1 saturated heterocycles. The number of phosphoric ester groups is 1. The third-order valence-corrected chi connectivity index (χ3v) is 8.25. The first-order valence-corrected chi connectivity index (χ1v) is 13.0. The lowest BCUT2D eigenvalue weighted by atomic mass is 9.89. The number of nitrogens with one attached hydrogen (secondary N) is 1. The van der Waals surface area contributed by atoms with Crippen LogP contribution in [0, 0.1) is 0 Å². The highest BCUT2D eigenvalue weighted by atomic mass is 31.3. The minimum atomic E-state index is -5.89. The molecule has 2 rings (SSSR count). The second-order valence-electron chi connectivity index (χ2n) is 7.22. The second kappa shape index (κ2) is 9.15. The molecule has 16 nitrogen and oxygen atoms in total. The van der Waals surface area contributed by atoms with Crippen LogP contribution in [-0.2, 0) is 31.6 Å². The van der Waals surface area contributed by atoms with E-state index in [1.165, 1.54) is 0 Å². The van der Waals surface area contributed by atoms with Crippen LogP contribution in [0.2, 0.25) is 0 Å². The highest BCUT2D eigenvalue weighted by molar-refractivity contribution is 7.66. The fraction of sp³-hybridized carbons (Fsp3) is 0.667. The van der Waals surface area contributed by atoms with Crippen molar-refractivity contribution >= 4 is 23.5 Å². The molecule has 0 aromatic carbocycles. The van der Waals surface area contributed by atoms with Gasteiger partial charge in [0, 0.05) is 12.3 Å². The molecular weight excluding hydrogens is 527 g/mol. The molecule has 0 radical (unpaired) electrons. The maximum absolute atomic E-state index is 15.3. The van der Waals surface area contributed by atoms with Crippen LogP contribution in [-0.4, -0.2) is 64.4 Å². The van der Waals surface area contributed by atoms with Gasteiger partial charge in [0.2, 0.25) is 5.67 Å². The average Bonchev–Trinajstić information content (AvgIpc) is 2.83. The molecule has 2 heterocycles.